The Balaban J connectivity index is 1.86. The molecule has 1 unspecified atom stereocenters. The second kappa shape index (κ2) is 9.09. The van der Waals surface area contributed by atoms with Gasteiger partial charge in [-0.15, -0.1) is 0 Å². The molecule has 0 spiro atoms. The van der Waals surface area contributed by atoms with Crippen LogP contribution < -0.4 is 0 Å². The predicted octanol–water partition coefficient (Wildman–Crippen LogP) is 3.23. The minimum Gasteiger partial charge on any atom is -0.462 e. The summed E-state index contributed by atoms with van der Waals surface area (Å²) in [5.41, 5.74) is -1.40. The molecule has 0 aliphatic carbocycles. The molecule has 1 amide bonds. The average molecular weight is 438 g/mol. The number of esters is 1. The van der Waals surface area contributed by atoms with E-state index in [0.717, 1.165) is 19.0 Å². The Morgan fingerprint density at radius 2 is 1.90 bits per heavy atom. The zero-order chi connectivity index (χ0) is 22.8. The molecule has 0 bridgehead atoms. The number of ether oxygens (including phenoxy) is 1. The van der Waals surface area contributed by atoms with E-state index < -0.39 is 23.4 Å². The van der Waals surface area contributed by atoms with E-state index in [1.807, 2.05) is 14.1 Å². The lowest BCUT2D eigenvalue weighted by molar-refractivity contribution is -0.143. The quantitative estimate of drug-likeness (QED) is 0.671. The van der Waals surface area contributed by atoms with E-state index >= 15 is 0 Å². The van der Waals surface area contributed by atoms with Gasteiger partial charge in [0.05, 0.1) is 18.5 Å². The molecule has 1 fully saturated rings. The van der Waals surface area contributed by atoms with Crippen LogP contribution in [0.15, 0.2) is 30.5 Å². The highest BCUT2D eigenvalue weighted by Gasteiger charge is 2.41. The summed E-state index contributed by atoms with van der Waals surface area (Å²) >= 11 is 0. The number of hydrogen-bond acceptors (Lipinski definition) is 5. The lowest BCUT2D eigenvalue weighted by atomic mass is 10.0. The number of halogens is 3. The van der Waals surface area contributed by atoms with Gasteiger partial charge in [0.15, 0.2) is 5.69 Å². The summed E-state index contributed by atoms with van der Waals surface area (Å²) in [7, 11) is 3.95. The number of nitrogens with zero attached hydrogens (tertiary/aromatic N) is 4. The molecule has 1 aromatic carbocycles. The Morgan fingerprint density at radius 3 is 2.48 bits per heavy atom. The van der Waals surface area contributed by atoms with Gasteiger partial charge in [-0.3, -0.25) is 4.79 Å². The zero-order valence-electron chi connectivity index (χ0n) is 17.6. The van der Waals surface area contributed by atoms with Gasteiger partial charge in [-0.2, -0.15) is 18.3 Å². The minimum atomic E-state index is -4.82. The Bertz CT molecular complexity index is 938. The number of benzene rings is 1. The predicted molar refractivity (Wildman–Crippen MR) is 107 cm³/mol. The molecule has 2 heterocycles. The number of rotatable bonds is 5. The summed E-state index contributed by atoms with van der Waals surface area (Å²) < 4.78 is 46.3. The molecule has 1 atom stereocenters. The van der Waals surface area contributed by atoms with E-state index in [0.29, 0.717) is 23.3 Å². The second-order valence-corrected chi connectivity index (χ2v) is 7.59. The summed E-state index contributed by atoms with van der Waals surface area (Å²) in [5.74, 6) is -1.25. The van der Waals surface area contributed by atoms with Crippen LogP contribution >= 0.6 is 0 Å². The normalized spacial score (nSPS) is 17.1. The van der Waals surface area contributed by atoms with Crippen molar-refractivity contribution in [3.63, 3.8) is 0 Å². The fourth-order valence-corrected chi connectivity index (χ4v) is 3.66. The Hall–Kier alpha value is -2.88. The molecule has 0 N–H and O–H groups in total. The van der Waals surface area contributed by atoms with Gasteiger partial charge < -0.3 is 14.5 Å². The fraction of sp³-hybridized carbons (Fsp3) is 0.476. The number of piperidine rings is 1. The molecule has 168 valence electrons. The first-order valence-electron chi connectivity index (χ1n) is 10.0. The lowest BCUT2D eigenvalue weighted by Crippen LogP contribution is -2.47. The van der Waals surface area contributed by atoms with Gasteiger partial charge in [-0.05, 0) is 58.1 Å². The standard InChI is InChI=1S/C21H25F3N4O3/c1-4-31-20(30)17-12-25-28(18(17)21(22,23)24)15-9-7-14(8-10-15)19(29)27-11-5-6-16(13-27)26(2)3/h7-10,12,16H,4-6,11,13H2,1-3H3. The van der Waals surface area contributed by atoms with Crippen molar-refractivity contribution in [2.45, 2.75) is 32.0 Å². The van der Waals surface area contributed by atoms with Crippen LogP contribution in [0.2, 0.25) is 0 Å². The van der Waals surface area contributed by atoms with Crippen LogP contribution in [0.5, 0.6) is 0 Å². The van der Waals surface area contributed by atoms with Crippen molar-refractivity contribution in [3.05, 3.63) is 47.3 Å². The number of carbonyl (C=O) groups excluding carboxylic acids is 2. The number of aromatic nitrogens is 2. The molecule has 1 aromatic heterocycles. The van der Waals surface area contributed by atoms with Crippen molar-refractivity contribution in [2.75, 3.05) is 33.8 Å². The van der Waals surface area contributed by atoms with E-state index in [2.05, 4.69) is 10.00 Å². The fourth-order valence-electron chi connectivity index (χ4n) is 3.66. The van der Waals surface area contributed by atoms with Gasteiger partial charge in [0.1, 0.15) is 5.56 Å². The lowest BCUT2D eigenvalue weighted by Gasteiger charge is -2.36. The molecule has 1 aliphatic rings. The number of hydrogen-bond donors (Lipinski definition) is 0. The molecule has 7 nitrogen and oxygen atoms in total. The summed E-state index contributed by atoms with van der Waals surface area (Å²) in [6.45, 7) is 2.71. The second-order valence-electron chi connectivity index (χ2n) is 7.59. The Morgan fingerprint density at radius 1 is 1.23 bits per heavy atom. The van der Waals surface area contributed by atoms with Gasteiger partial charge in [-0.1, -0.05) is 0 Å². The molecule has 1 saturated heterocycles. The van der Waals surface area contributed by atoms with Crippen molar-refractivity contribution in [3.8, 4) is 5.69 Å². The topological polar surface area (TPSA) is 67.7 Å². The number of likely N-dealkylation sites (N-methyl/N-ethyl adjacent to an activating group) is 1. The van der Waals surface area contributed by atoms with Crippen molar-refractivity contribution in [1.82, 2.24) is 19.6 Å². The van der Waals surface area contributed by atoms with Crippen molar-refractivity contribution in [2.24, 2.45) is 0 Å². The van der Waals surface area contributed by atoms with Crippen LogP contribution in [0.1, 0.15) is 46.2 Å². The minimum absolute atomic E-state index is 0.0523. The van der Waals surface area contributed by atoms with Gasteiger partial charge >= 0.3 is 12.1 Å². The maximum absolute atomic E-state index is 13.6. The number of amides is 1. The van der Waals surface area contributed by atoms with Gasteiger partial charge in [-0.25, -0.2) is 9.48 Å². The highest BCUT2D eigenvalue weighted by molar-refractivity contribution is 5.94. The highest BCUT2D eigenvalue weighted by atomic mass is 19.4. The Kier molecular flexibility index (Phi) is 6.68. The number of likely N-dealkylation sites (tertiary alicyclic amines) is 1. The van der Waals surface area contributed by atoms with Gasteiger partial charge in [0, 0.05) is 24.7 Å². The smallest absolute Gasteiger partial charge is 0.434 e. The van der Waals surface area contributed by atoms with E-state index in [-0.39, 0.29) is 24.2 Å². The molecule has 0 saturated carbocycles. The maximum atomic E-state index is 13.6. The highest BCUT2D eigenvalue weighted by Crippen LogP contribution is 2.34. The first-order chi connectivity index (χ1) is 14.6. The van der Waals surface area contributed by atoms with Crippen molar-refractivity contribution >= 4 is 11.9 Å². The molecule has 2 aromatic rings. The van der Waals surface area contributed by atoms with E-state index in [1.54, 1.807) is 4.90 Å². The van der Waals surface area contributed by atoms with E-state index in [9.17, 15) is 22.8 Å². The summed E-state index contributed by atoms with van der Waals surface area (Å²) in [6.07, 6.45) is -2.07. The van der Waals surface area contributed by atoms with E-state index in [1.165, 1.54) is 31.2 Å². The van der Waals surface area contributed by atoms with Crippen molar-refractivity contribution in [1.29, 1.82) is 0 Å². The third-order valence-electron chi connectivity index (χ3n) is 5.31. The molecule has 31 heavy (non-hydrogen) atoms. The summed E-state index contributed by atoms with van der Waals surface area (Å²) in [6, 6.07) is 6.00. The summed E-state index contributed by atoms with van der Waals surface area (Å²) in [5, 5.41) is 3.74. The monoisotopic (exact) mass is 438 g/mol. The molecule has 3 rings (SSSR count). The molecule has 0 radical (unpaired) electrons. The largest absolute Gasteiger partial charge is 0.462 e. The SMILES string of the molecule is CCOC(=O)c1cnn(-c2ccc(C(=O)N3CCCC(N(C)C)C3)cc2)c1C(F)(F)F. The third kappa shape index (κ3) is 4.90. The van der Waals surface area contributed by atoms with Crippen molar-refractivity contribution < 1.29 is 27.5 Å². The first kappa shape index (κ1) is 22.8. The van der Waals surface area contributed by atoms with E-state index in [4.69, 9.17) is 4.74 Å². The van der Waals surface area contributed by atoms with Crippen LogP contribution in [0, 0.1) is 0 Å². The third-order valence-corrected chi connectivity index (χ3v) is 5.31. The Labute approximate surface area is 178 Å². The van der Waals surface area contributed by atoms with Gasteiger partial charge in [0.2, 0.25) is 0 Å². The van der Waals surface area contributed by atoms with Crippen LogP contribution in [0.25, 0.3) is 5.69 Å². The van der Waals surface area contributed by atoms with Crippen LogP contribution in [0.3, 0.4) is 0 Å². The van der Waals surface area contributed by atoms with Gasteiger partial charge in [0.25, 0.3) is 5.91 Å². The number of carbonyl (C=O) groups is 2. The van der Waals surface area contributed by atoms with Crippen LogP contribution in [-0.4, -0.2) is 71.3 Å². The molecule has 1 aliphatic heterocycles. The zero-order valence-corrected chi connectivity index (χ0v) is 17.6. The number of alkyl halides is 3. The maximum Gasteiger partial charge on any atom is 0.434 e. The van der Waals surface area contributed by atoms with Crippen LogP contribution in [0.4, 0.5) is 13.2 Å². The summed E-state index contributed by atoms with van der Waals surface area (Å²) in [4.78, 5) is 28.6. The first-order valence-corrected chi connectivity index (χ1v) is 10.0. The average Bonchev–Trinajstić information content (AvgIpc) is 3.19. The molecular formula is C21H25F3N4O3. The molecule has 10 heteroatoms. The van der Waals surface area contributed by atoms with Crippen LogP contribution in [-0.2, 0) is 10.9 Å². The molecular weight excluding hydrogens is 413 g/mol.